The Morgan fingerprint density at radius 2 is 2.04 bits per heavy atom. The number of carbonyl (C=O) groups excluding carboxylic acids is 1. The summed E-state index contributed by atoms with van der Waals surface area (Å²) in [4.78, 5) is 30.8. The van der Waals surface area contributed by atoms with Crippen molar-refractivity contribution in [1.82, 2.24) is 15.3 Å². The molecule has 2 N–H and O–H groups in total. The van der Waals surface area contributed by atoms with Crippen LogP contribution in [0.3, 0.4) is 0 Å². The molecule has 0 unspecified atom stereocenters. The second kappa shape index (κ2) is 8.17. The molecule has 0 bridgehead atoms. The van der Waals surface area contributed by atoms with Gasteiger partial charge in [-0.1, -0.05) is 13.0 Å². The van der Waals surface area contributed by atoms with Gasteiger partial charge in [0, 0.05) is 11.8 Å². The molecule has 1 amide bonds. The number of aromatic nitrogens is 2. The first kappa shape index (κ1) is 18.2. The zero-order chi connectivity index (χ0) is 18.5. The molecular weight excluding hydrogens is 330 g/mol. The summed E-state index contributed by atoms with van der Waals surface area (Å²) in [6, 6.07) is 7.53. The van der Waals surface area contributed by atoms with E-state index in [2.05, 4.69) is 27.4 Å². The Balaban J connectivity index is 1.62. The molecule has 1 aliphatic carbocycles. The quantitative estimate of drug-likeness (QED) is 0.833. The number of hydrogen-bond donors (Lipinski definition) is 2. The van der Waals surface area contributed by atoms with Gasteiger partial charge >= 0.3 is 0 Å². The Kier molecular flexibility index (Phi) is 5.71. The first-order chi connectivity index (χ1) is 12.5. The van der Waals surface area contributed by atoms with Crippen LogP contribution in [-0.2, 0) is 24.2 Å². The minimum absolute atomic E-state index is 0.166. The number of amides is 1. The molecule has 26 heavy (non-hydrogen) atoms. The molecule has 3 rings (SSSR count). The summed E-state index contributed by atoms with van der Waals surface area (Å²) in [5.41, 5.74) is 3.11. The number of carbonyl (C=O) groups is 1. The van der Waals surface area contributed by atoms with Crippen molar-refractivity contribution in [3.8, 4) is 5.75 Å². The van der Waals surface area contributed by atoms with E-state index < -0.39 is 6.10 Å². The molecule has 1 aromatic carbocycles. The number of rotatable bonds is 6. The summed E-state index contributed by atoms with van der Waals surface area (Å²) >= 11 is 0. The van der Waals surface area contributed by atoms with E-state index in [0.717, 1.165) is 18.6 Å². The van der Waals surface area contributed by atoms with Gasteiger partial charge in [0.05, 0.1) is 6.54 Å². The molecule has 0 saturated carbocycles. The highest BCUT2D eigenvalue weighted by Gasteiger charge is 2.19. The van der Waals surface area contributed by atoms with E-state index in [0.29, 0.717) is 17.9 Å². The minimum atomic E-state index is -0.576. The number of hydrogen-bond acceptors (Lipinski definition) is 4. The van der Waals surface area contributed by atoms with Crippen LogP contribution < -0.4 is 15.6 Å². The van der Waals surface area contributed by atoms with E-state index in [-0.39, 0.29) is 18.0 Å². The lowest BCUT2D eigenvalue weighted by Crippen LogP contribution is -2.38. The summed E-state index contributed by atoms with van der Waals surface area (Å²) in [5.74, 6) is 0.955. The van der Waals surface area contributed by atoms with E-state index >= 15 is 0 Å². The molecule has 0 spiro atoms. The summed E-state index contributed by atoms with van der Waals surface area (Å²) < 4.78 is 5.92. The van der Waals surface area contributed by atoms with Gasteiger partial charge in [-0.3, -0.25) is 9.59 Å². The maximum absolute atomic E-state index is 12.5. The maximum atomic E-state index is 12.5. The SMILES string of the molecule is CC[C@H](Oc1ccc2c(c1)CCCC2)C(=O)NCc1nc(C)cc(=O)[nH]1. The van der Waals surface area contributed by atoms with Crippen LogP contribution in [0.4, 0.5) is 0 Å². The Morgan fingerprint density at radius 1 is 1.27 bits per heavy atom. The molecule has 1 aliphatic rings. The van der Waals surface area contributed by atoms with Crippen LogP contribution in [0.15, 0.2) is 29.1 Å². The van der Waals surface area contributed by atoms with E-state index in [4.69, 9.17) is 4.74 Å². The van der Waals surface area contributed by atoms with E-state index in [9.17, 15) is 9.59 Å². The number of ether oxygens (including phenoxy) is 1. The van der Waals surface area contributed by atoms with E-state index in [1.165, 1.54) is 30.0 Å². The normalized spacial score (nSPS) is 14.4. The van der Waals surface area contributed by atoms with Crippen LogP contribution in [0.2, 0.25) is 0 Å². The number of H-pyrrole nitrogens is 1. The molecule has 0 aliphatic heterocycles. The van der Waals surface area contributed by atoms with Crippen molar-refractivity contribution in [3.05, 3.63) is 57.3 Å². The van der Waals surface area contributed by atoms with Crippen LogP contribution in [0.25, 0.3) is 0 Å². The smallest absolute Gasteiger partial charge is 0.261 e. The van der Waals surface area contributed by atoms with Gasteiger partial charge in [-0.15, -0.1) is 0 Å². The predicted octanol–water partition coefficient (Wildman–Crippen LogP) is 2.43. The molecule has 6 nitrogen and oxygen atoms in total. The van der Waals surface area contributed by atoms with Crippen molar-refractivity contribution in [1.29, 1.82) is 0 Å². The van der Waals surface area contributed by atoms with Gasteiger partial charge in [-0.05, 0) is 62.3 Å². The van der Waals surface area contributed by atoms with Crippen molar-refractivity contribution < 1.29 is 9.53 Å². The third-order valence-electron chi connectivity index (χ3n) is 4.61. The number of aryl methyl sites for hydroxylation is 3. The molecule has 0 saturated heterocycles. The largest absolute Gasteiger partial charge is 0.481 e. The fraction of sp³-hybridized carbons (Fsp3) is 0.450. The summed E-state index contributed by atoms with van der Waals surface area (Å²) in [7, 11) is 0. The zero-order valence-corrected chi connectivity index (χ0v) is 15.3. The fourth-order valence-electron chi connectivity index (χ4n) is 3.28. The first-order valence-corrected chi connectivity index (χ1v) is 9.18. The van der Waals surface area contributed by atoms with Gasteiger partial charge in [0.1, 0.15) is 11.6 Å². The molecule has 0 fully saturated rings. The number of aromatic amines is 1. The van der Waals surface area contributed by atoms with Gasteiger partial charge in [0.15, 0.2) is 6.10 Å². The highest BCUT2D eigenvalue weighted by Crippen LogP contribution is 2.26. The predicted molar refractivity (Wildman–Crippen MR) is 99.2 cm³/mol. The average Bonchev–Trinajstić information content (AvgIpc) is 2.63. The third kappa shape index (κ3) is 4.50. The lowest BCUT2D eigenvalue weighted by Gasteiger charge is -2.20. The Bertz CT molecular complexity index is 844. The minimum Gasteiger partial charge on any atom is -0.481 e. The topological polar surface area (TPSA) is 84.1 Å². The monoisotopic (exact) mass is 355 g/mol. The highest BCUT2D eigenvalue weighted by atomic mass is 16.5. The van der Waals surface area contributed by atoms with Crippen LogP contribution in [0.5, 0.6) is 5.75 Å². The number of benzene rings is 1. The van der Waals surface area contributed by atoms with Crippen molar-refractivity contribution in [2.24, 2.45) is 0 Å². The highest BCUT2D eigenvalue weighted by molar-refractivity contribution is 5.81. The number of nitrogens with one attached hydrogen (secondary N) is 2. The molecule has 1 aromatic heterocycles. The number of nitrogens with zero attached hydrogens (tertiary/aromatic N) is 1. The molecular formula is C20H25N3O3. The molecule has 0 radical (unpaired) electrons. The van der Waals surface area contributed by atoms with Gasteiger partial charge in [0.25, 0.3) is 11.5 Å². The summed E-state index contributed by atoms with van der Waals surface area (Å²) in [6.07, 6.45) is 4.61. The second-order valence-corrected chi connectivity index (χ2v) is 6.70. The fourth-order valence-corrected chi connectivity index (χ4v) is 3.28. The lowest BCUT2D eigenvalue weighted by molar-refractivity contribution is -0.128. The van der Waals surface area contributed by atoms with E-state index in [1.807, 2.05) is 13.0 Å². The van der Waals surface area contributed by atoms with Crippen LogP contribution in [-0.4, -0.2) is 22.0 Å². The van der Waals surface area contributed by atoms with E-state index in [1.54, 1.807) is 6.92 Å². The molecule has 1 atom stereocenters. The van der Waals surface area contributed by atoms with Gasteiger partial charge < -0.3 is 15.0 Å². The lowest BCUT2D eigenvalue weighted by atomic mass is 9.92. The molecule has 138 valence electrons. The average molecular weight is 355 g/mol. The second-order valence-electron chi connectivity index (χ2n) is 6.70. The maximum Gasteiger partial charge on any atom is 0.261 e. The van der Waals surface area contributed by atoms with Crippen molar-refractivity contribution in [2.45, 2.75) is 58.6 Å². The van der Waals surface area contributed by atoms with Gasteiger partial charge in [0.2, 0.25) is 0 Å². The Labute approximate surface area is 153 Å². The summed E-state index contributed by atoms with van der Waals surface area (Å²) in [6.45, 7) is 3.82. The van der Waals surface area contributed by atoms with Crippen LogP contribution in [0.1, 0.15) is 48.8 Å². The van der Waals surface area contributed by atoms with Crippen LogP contribution >= 0.6 is 0 Å². The molecule has 1 heterocycles. The Morgan fingerprint density at radius 3 is 2.77 bits per heavy atom. The van der Waals surface area contributed by atoms with Gasteiger partial charge in [-0.25, -0.2) is 4.98 Å². The standard InChI is InChI=1S/C20H25N3O3/c1-3-17(20(25)21-12-18-22-13(2)10-19(24)23-18)26-16-9-8-14-6-4-5-7-15(14)11-16/h8-11,17H,3-7,12H2,1-2H3,(H,21,25)(H,22,23,24)/t17-/m0/s1. The number of fused-ring (bicyclic) bond motifs is 1. The third-order valence-corrected chi connectivity index (χ3v) is 4.61. The first-order valence-electron chi connectivity index (χ1n) is 9.18. The van der Waals surface area contributed by atoms with Gasteiger partial charge in [-0.2, -0.15) is 0 Å². The summed E-state index contributed by atoms with van der Waals surface area (Å²) in [5, 5.41) is 2.79. The zero-order valence-electron chi connectivity index (χ0n) is 15.3. The van der Waals surface area contributed by atoms with Crippen LogP contribution in [0, 0.1) is 6.92 Å². The Hall–Kier alpha value is -2.63. The molecule has 6 heteroatoms. The van der Waals surface area contributed by atoms with Crippen molar-refractivity contribution in [2.75, 3.05) is 0 Å². The molecule has 2 aromatic rings. The van der Waals surface area contributed by atoms with Crippen molar-refractivity contribution in [3.63, 3.8) is 0 Å². The van der Waals surface area contributed by atoms with Crippen molar-refractivity contribution >= 4 is 5.91 Å².